The Morgan fingerprint density at radius 1 is 1.30 bits per heavy atom. The van der Waals surface area contributed by atoms with Crippen molar-refractivity contribution in [3.8, 4) is 0 Å². The van der Waals surface area contributed by atoms with Gasteiger partial charge >= 0.3 is 0 Å². The van der Waals surface area contributed by atoms with Crippen LogP contribution in [-0.4, -0.2) is 39.2 Å². The molecule has 8 heteroatoms. The van der Waals surface area contributed by atoms with Crippen LogP contribution < -0.4 is 11.2 Å². The molecule has 1 atom stereocenters. The number of amidine groups is 1. The molecule has 1 aliphatic heterocycles. The summed E-state index contributed by atoms with van der Waals surface area (Å²) in [5.41, 5.74) is 10.4. The molecule has 2 aromatic heterocycles. The van der Waals surface area contributed by atoms with E-state index < -0.39 is 0 Å². The average molecular weight is 489 g/mol. The van der Waals surface area contributed by atoms with Crippen LogP contribution in [-0.2, 0) is 0 Å². The summed E-state index contributed by atoms with van der Waals surface area (Å²) in [7, 11) is 0. The van der Waals surface area contributed by atoms with Gasteiger partial charge in [-0.3, -0.25) is 15.4 Å². The summed E-state index contributed by atoms with van der Waals surface area (Å²) in [4.78, 5) is 13.4. The van der Waals surface area contributed by atoms with Gasteiger partial charge in [-0.05, 0) is 47.8 Å². The minimum atomic E-state index is 0.150. The van der Waals surface area contributed by atoms with Crippen LogP contribution in [0.1, 0.15) is 39.3 Å². The summed E-state index contributed by atoms with van der Waals surface area (Å²) >= 11 is 5.11. The topological polar surface area (TPSA) is 88.5 Å². The highest BCUT2D eigenvalue weighted by Crippen LogP contribution is 2.23. The van der Waals surface area contributed by atoms with Crippen molar-refractivity contribution in [3.05, 3.63) is 59.0 Å². The first-order chi connectivity index (χ1) is 14.6. The zero-order valence-corrected chi connectivity index (χ0v) is 20.1. The molecular weight excluding hydrogens is 460 g/mol. The Bertz CT molecular complexity index is 934. The molecule has 0 aromatic carbocycles. The zero-order valence-electron chi connectivity index (χ0n) is 17.7. The van der Waals surface area contributed by atoms with Gasteiger partial charge in [0.15, 0.2) is 0 Å². The molecule has 1 unspecified atom stereocenters. The Morgan fingerprint density at radius 3 is 2.77 bits per heavy atom. The maximum Gasteiger partial charge on any atom is 0.143 e. The molecule has 1 aliphatic rings. The highest BCUT2D eigenvalue weighted by atomic mass is 79.9. The third-order valence-corrected chi connectivity index (χ3v) is 5.73. The van der Waals surface area contributed by atoms with Crippen LogP contribution in [0.2, 0.25) is 0 Å². The van der Waals surface area contributed by atoms with Gasteiger partial charge < -0.3 is 5.73 Å². The molecule has 3 heterocycles. The van der Waals surface area contributed by atoms with Gasteiger partial charge in [-0.2, -0.15) is 5.10 Å². The number of halogens is 1. The van der Waals surface area contributed by atoms with E-state index in [4.69, 9.17) is 5.73 Å². The predicted molar refractivity (Wildman–Crippen MR) is 134 cm³/mol. The number of nitrogens with one attached hydrogen (secondary N) is 1. The monoisotopic (exact) mass is 488 g/mol. The summed E-state index contributed by atoms with van der Waals surface area (Å²) in [5.74, 6) is 1.61. The van der Waals surface area contributed by atoms with E-state index in [1.165, 1.54) is 0 Å². The van der Waals surface area contributed by atoms with E-state index in [0.29, 0.717) is 6.54 Å². The predicted octanol–water partition coefficient (Wildman–Crippen LogP) is 5.05. The Hall–Kier alpha value is -2.03. The lowest BCUT2D eigenvalue weighted by Gasteiger charge is -2.17. The van der Waals surface area contributed by atoms with Crippen molar-refractivity contribution >= 4 is 49.5 Å². The Balaban J connectivity index is 0.000000396. The normalized spacial score (nSPS) is 16.4. The molecule has 30 heavy (non-hydrogen) atoms. The minimum absolute atomic E-state index is 0.150. The van der Waals surface area contributed by atoms with Gasteiger partial charge in [0.25, 0.3) is 0 Å². The molecule has 0 fully saturated rings. The number of allylic oxidation sites excluding steroid dienone is 4. The number of rotatable bonds is 6. The maximum atomic E-state index is 5.69. The number of fused-ring (bicyclic) bond motifs is 1. The lowest BCUT2D eigenvalue weighted by atomic mass is 10.2. The van der Waals surface area contributed by atoms with Crippen molar-refractivity contribution in [2.45, 2.75) is 39.7 Å². The van der Waals surface area contributed by atoms with Crippen LogP contribution >= 0.6 is 27.7 Å². The van der Waals surface area contributed by atoms with Gasteiger partial charge in [-0.1, -0.05) is 49.9 Å². The van der Waals surface area contributed by atoms with Crippen LogP contribution in [0.15, 0.2) is 63.4 Å². The fourth-order valence-electron chi connectivity index (χ4n) is 2.50. The highest BCUT2D eigenvalue weighted by molar-refractivity contribution is 9.10. The van der Waals surface area contributed by atoms with Crippen molar-refractivity contribution in [2.24, 2.45) is 15.8 Å². The first-order valence-electron chi connectivity index (χ1n) is 10.0. The molecule has 0 saturated carbocycles. The van der Waals surface area contributed by atoms with Gasteiger partial charge in [0.2, 0.25) is 0 Å². The third-order valence-electron chi connectivity index (χ3n) is 4.16. The fourth-order valence-corrected chi connectivity index (χ4v) is 3.72. The number of pyridine rings is 2. The lowest BCUT2D eigenvalue weighted by molar-refractivity contribution is 0.657. The molecule has 3 rings (SSSR count). The van der Waals surface area contributed by atoms with Crippen LogP contribution in [0, 0.1) is 0 Å². The van der Waals surface area contributed by atoms with Crippen molar-refractivity contribution in [1.82, 2.24) is 15.4 Å². The number of nitrogens with zero attached hydrogens (tertiary/aromatic N) is 4. The Kier molecular flexibility index (Phi) is 10.8. The van der Waals surface area contributed by atoms with E-state index in [1.54, 1.807) is 24.2 Å². The van der Waals surface area contributed by atoms with Gasteiger partial charge in [-0.15, -0.1) is 0 Å². The number of aliphatic imine (C=N–C) groups is 1. The first-order valence-corrected chi connectivity index (χ1v) is 11.8. The minimum Gasteiger partial charge on any atom is -0.328 e. The molecule has 0 saturated heterocycles. The molecule has 3 N–H and O–H groups in total. The fraction of sp³-hybridized carbons (Fsp3) is 0.364. The van der Waals surface area contributed by atoms with Crippen LogP contribution in [0.4, 0.5) is 0 Å². The molecule has 0 amide bonds. The van der Waals surface area contributed by atoms with E-state index in [2.05, 4.69) is 67.4 Å². The SMILES string of the molecule is C/C=C\C=C/CC.CCC(CN)N=C1CSC(c2ccc3cncc(Br)c3n2)=NN1. The number of hydrazone groups is 1. The summed E-state index contributed by atoms with van der Waals surface area (Å²) < 4.78 is 0.877. The molecule has 2 aromatic rings. The van der Waals surface area contributed by atoms with Crippen molar-refractivity contribution in [1.29, 1.82) is 0 Å². The summed E-state index contributed by atoms with van der Waals surface area (Å²) in [6, 6.07) is 4.11. The number of thioether (sulfide) groups is 1. The maximum absolute atomic E-state index is 5.69. The van der Waals surface area contributed by atoms with Crippen LogP contribution in [0.25, 0.3) is 10.9 Å². The molecule has 6 nitrogen and oxygen atoms in total. The van der Waals surface area contributed by atoms with Crippen molar-refractivity contribution < 1.29 is 0 Å². The van der Waals surface area contributed by atoms with Gasteiger partial charge in [0.1, 0.15) is 10.9 Å². The summed E-state index contributed by atoms with van der Waals surface area (Å²) in [6.07, 6.45) is 13.8. The summed E-state index contributed by atoms with van der Waals surface area (Å²) in [5, 5.41) is 6.25. The second-order valence-corrected chi connectivity index (χ2v) is 8.26. The van der Waals surface area contributed by atoms with E-state index in [1.807, 2.05) is 31.2 Å². The average Bonchev–Trinajstić information content (AvgIpc) is 2.79. The first kappa shape index (κ1) is 24.2. The van der Waals surface area contributed by atoms with Crippen molar-refractivity contribution in [2.75, 3.05) is 12.3 Å². The number of nitrogens with two attached hydrogens (primary N) is 1. The number of hydrogen-bond acceptors (Lipinski definition) is 6. The molecular formula is C22H29BrN6S. The van der Waals surface area contributed by atoms with E-state index in [0.717, 1.165) is 50.5 Å². The largest absolute Gasteiger partial charge is 0.328 e. The second-order valence-electron chi connectivity index (χ2n) is 6.44. The van der Waals surface area contributed by atoms with E-state index in [-0.39, 0.29) is 6.04 Å². The molecule has 0 bridgehead atoms. The smallest absolute Gasteiger partial charge is 0.143 e. The van der Waals surface area contributed by atoms with Gasteiger partial charge in [0.05, 0.1) is 27.5 Å². The molecule has 160 valence electrons. The quantitative estimate of drug-likeness (QED) is 0.554. The van der Waals surface area contributed by atoms with Crippen LogP contribution in [0.5, 0.6) is 0 Å². The Labute approximate surface area is 191 Å². The third kappa shape index (κ3) is 7.34. The molecule has 0 aliphatic carbocycles. The lowest BCUT2D eigenvalue weighted by Crippen LogP contribution is -2.30. The highest BCUT2D eigenvalue weighted by Gasteiger charge is 2.16. The zero-order chi connectivity index (χ0) is 21.8. The Morgan fingerprint density at radius 2 is 2.13 bits per heavy atom. The van der Waals surface area contributed by atoms with Gasteiger partial charge in [0, 0.05) is 24.3 Å². The number of hydrogen-bond donors (Lipinski definition) is 2. The van der Waals surface area contributed by atoms with Crippen molar-refractivity contribution in [3.63, 3.8) is 0 Å². The molecule has 0 radical (unpaired) electrons. The van der Waals surface area contributed by atoms with Crippen LogP contribution in [0.3, 0.4) is 0 Å². The summed E-state index contributed by atoms with van der Waals surface area (Å²) in [6.45, 7) is 6.77. The van der Waals surface area contributed by atoms with E-state index in [9.17, 15) is 0 Å². The van der Waals surface area contributed by atoms with Gasteiger partial charge in [-0.25, -0.2) is 4.98 Å². The second kappa shape index (κ2) is 13.3. The molecule has 0 spiro atoms. The standard InChI is InChI=1S/C15H17BrN6S.C7H12/c1-2-10(5-17)19-13-8-23-15(22-21-13)12-4-3-9-6-18-7-11(16)14(9)20-12;1-3-5-7-6-4-2/h3-4,6-7,10H,2,5,8,17H2,1H3,(H,19,21);3,5-7H,4H2,1-2H3/b;5-3-,7-6-. The number of aromatic nitrogens is 2. The van der Waals surface area contributed by atoms with E-state index >= 15 is 0 Å².